The van der Waals surface area contributed by atoms with Crippen molar-refractivity contribution < 1.29 is 9.72 Å². The Morgan fingerprint density at radius 2 is 1.95 bits per heavy atom. The molecular weight excluding hydrogens is 254 g/mol. The first-order chi connectivity index (χ1) is 9.64. The van der Waals surface area contributed by atoms with Gasteiger partial charge in [-0.1, -0.05) is 36.8 Å². The maximum atomic E-state index is 11.8. The molecule has 4 heteroatoms. The molecule has 0 aliphatic heterocycles. The molecule has 0 unspecified atom stereocenters. The highest BCUT2D eigenvalue weighted by molar-refractivity contribution is 5.89. The molecule has 4 nitrogen and oxygen atoms in total. The van der Waals surface area contributed by atoms with Crippen LogP contribution in [-0.2, 0) is 4.79 Å². The van der Waals surface area contributed by atoms with Gasteiger partial charge in [-0.05, 0) is 18.4 Å². The van der Waals surface area contributed by atoms with E-state index in [2.05, 4.69) is 0 Å². The molecule has 0 bridgehead atoms. The predicted octanol–water partition coefficient (Wildman–Crippen LogP) is 3.25. The minimum absolute atomic E-state index is 0.168. The molecule has 2 atom stereocenters. The molecule has 1 aromatic carbocycles. The van der Waals surface area contributed by atoms with E-state index in [4.69, 9.17) is 0 Å². The average molecular weight is 271 g/mol. The van der Waals surface area contributed by atoms with Crippen molar-refractivity contribution in [3.8, 4) is 0 Å². The van der Waals surface area contributed by atoms with E-state index in [1.54, 1.807) is 6.08 Å². The van der Waals surface area contributed by atoms with Crippen molar-refractivity contribution in [1.29, 1.82) is 0 Å². The Morgan fingerprint density at radius 3 is 2.65 bits per heavy atom. The molecule has 0 amide bonds. The molecule has 2 aliphatic rings. The van der Waals surface area contributed by atoms with Crippen molar-refractivity contribution in [2.24, 2.45) is 5.92 Å². The summed E-state index contributed by atoms with van der Waals surface area (Å²) >= 11 is 0. The van der Waals surface area contributed by atoms with Gasteiger partial charge >= 0.3 is 0 Å². The van der Waals surface area contributed by atoms with Crippen molar-refractivity contribution in [3.05, 3.63) is 52.1 Å². The molecule has 104 valence electrons. The van der Waals surface area contributed by atoms with Crippen LogP contribution in [-0.4, -0.2) is 16.2 Å². The first-order valence-electron chi connectivity index (χ1n) is 7.09. The Morgan fingerprint density at radius 1 is 1.20 bits per heavy atom. The van der Waals surface area contributed by atoms with Gasteiger partial charge in [0.05, 0.1) is 0 Å². The van der Waals surface area contributed by atoms with Gasteiger partial charge in [-0.2, -0.15) is 0 Å². The summed E-state index contributed by atoms with van der Waals surface area (Å²) in [5.41, 5.74) is 0.588. The number of carbonyl (C=O) groups excluding carboxylic acids is 1. The second-order valence-corrected chi connectivity index (χ2v) is 5.69. The standard InChI is InChI=1S/C16H17NO3/c18-14-9-5-4-8-13(10-14)16(17(19)20)11-15(16)12-6-2-1-3-7-12/h1-3,6-7,11,13H,4-5,8-10H2/t13-,16+/m0/s1. The van der Waals surface area contributed by atoms with Crippen LogP contribution < -0.4 is 0 Å². The molecule has 0 heterocycles. The number of nitrogens with zero attached hydrogens (tertiary/aromatic N) is 1. The first kappa shape index (κ1) is 13.0. The van der Waals surface area contributed by atoms with Gasteiger partial charge in [0, 0.05) is 35.3 Å². The zero-order valence-electron chi connectivity index (χ0n) is 11.2. The molecular formula is C16H17NO3. The smallest absolute Gasteiger partial charge is 0.269 e. The number of hydrogen-bond donors (Lipinski definition) is 0. The fourth-order valence-corrected chi connectivity index (χ4v) is 3.32. The highest BCUT2D eigenvalue weighted by atomic mass is 16.6. The normalized spacial score (nSPS) is 29.5. The van der Waals surface area contributed by atoms with E-state index >= 15 is 0 Å². The fraction of sp³-hybridized carbons (Fsp3) is 0.438. The van der Waals surface area contributed by atoms with E-state index in [9.17, 15) is 14.9 Å². The van der Waals surface area contributed by atoms with E-state index < -0.39 is 5.54 Å². The lowest BCUT2D eigenvalue weighted by molar-refractivity contribution is -0.536. The molecule has 1 aromatic rings. The molecule has 0 aromatic heterocycles. The van der Waals surface area contributed by atoms with Gasteiger partial charge in [-0.3, -0.25) is 14.9 Å². The molecule has 0 N–H and O–H groups in total. The second-order valence-electron chi connectivity index (χ2n) is 5.69. The van der Waals surface area contributed by atoms with E-state index in [1.165, 1.54) is 0 Å². The van der Waals surface area contributed by atoms with E-state index in [1.807, 2.05) is 30.3 Å². The van der Waals surface area contributed by atoms with Crippen LogP contribution >= 0.6 is 0 Å². The quantitative estimate of drug-likeness (QED) is 0.481. The molecule has 20 heavy (non-hydrogen) atoms. The van der Waals surface area contributed by atoms with Gasteiger partial charge in [-0.25, -0.2) is 0 Å². The Bertz CT molecular complexity index is 579. The van der Waals surface area contributed by atoms with E-state index in [0.717, 1.165) is 30.4 Å². The van der Waals surface area contributed by atoms with E-state index in [0.29, 0.717) is 12.8 Å². The lowest BCUT2D eigenvalue weighted by Gasteiger charge is -2.20. The molecule has 0 radical (unpaired) electrons. The van der Waals surface area contributed by atoms with Crippen LogP contribution in [0.1, 0.15) is 37.7 Å². The average Bonchev–Trinajstić information content (AvgIpc) is 3.21. The molecule has 1 fully saturated rings. The SMILES string of the molecule is O=C1CCCC[C@H]([C@]2([N+](=O)[O-])C=C2c2ccccc2)C1. The minimum atomic E-state index is -1.10. The summed E-state index contributed by atoms with van der Waals surface area (Å²) in [6.07, 6.45) is 5.19. The van der Waals surface area contributed by atoms with Gasteiger partial charge < -0.3 is 0 Å². The largest absolute Gasteiger partial charge is 0.300 e. The first-order valence-corrected chi connectivity index (χ1v) is 7.09. The number of benzene rings is 1. The zero-order valence-corrected chi connectivity index (χ0v) is 11.2. The van der Waals surface area contributed by atoms with Gasteiger partial charge in [0.25, 0.3) is 5.54 Å². The fourth-order valence-electron chi connectivity index (χ4n) is 3.32. The van der Waals surface area contributed by atoms with Crippen molar-refractivity contribution >= 4 is 11.4 Å². The lowest BCUT2D eigenvalue weighted by Crippen LogP contribution is -2.35. The van der Waals surface area contributed by atoms with Crippen LogP contribution in [0.25, 0.3) is 5.57 Å². The number of rotatable bonds is 3. The van der Waals surface area contributed by atoms with Crippen LogP contribution in [0, 0.1) is 16.0 Å². The summed E-state index contributed by atoms with van der Waals surface area (Å²) in [4.78, 5) is 23.2. The lowest BCUT2D eigenvalue weighted by atomic mass is 9.85. The highest BCUT2D eigenvalue weighted by Crippen LogP contribution is 2.53. The summed E-state index contributed by atoms with van der Waals surface area (Å²) < 4.78 is 0. The van der Waals surface area contributed by atoms with Gasteiger partial charge in [0.1, 0.15) is 5.78 Å². The monoisotopic (exact) mass is 271 g/mol. The number of nitro groups is 1. The van der Waals surface area contributed by atoms with E-state index in [-0.39, 0.29) is 16.6 Å². The van der Waals surface area contributed by atoms with Gasteiger partial charge in [0.15, 0.2) is 0 Å². The minimum Gasteiger partial charge on any atom is -0.300 e. The van der Waals surface area contributed by atoms with Crippen LogP contribution in [0.3, 0.4) is 0 Å². The predicted molar refractivity (Wildman–Crippen MR) is 75.7 cm³/mol. The third-order valence-corrected chi connectivity index (χ3v) is 4.45. The Labute approximate surface area is 117 Å². The third kappa shape index (κ3) is 2.05. The number of Topliss-reactive ketones (excluding diaryl/α,β-unsaturated/α-hetero) is 1. The summed E-state index contributed by atoms with van der Waals surface area (Å²) in [7, 11) is 0. The van der Waals surface area contributed by atoms with Crippen LogP contribution in [0.2, 0.25) is 0 Å². The summed E-state index contributed by atoms with van der Waals surface area (Å²) in [5.74, 6) is -0.0101. The van der Waals surface area contributed by atoms with Crippen molar-refractivity contribution in [1.82, 2.24) is 0 Å². The topological polar surface area (TPSA) is 60.2 Å². The summed E-state index contributed by atoms with van der Waals surface area (Å²) in [6.45, 7) is 0. The third-order valence-electron chi connectivity index (χ3n) is 4.45. The molecule has 0 saturated heterocycles. The Hall–Kier alpha value is -1.97. The molecule has 3 rings (SSSR count). The maximum absolute atomic E-state index is 11.8. The maximum Gasteiger partial charge on any atom is 0.269 e. The van der Waals surface area contributed by atoms with Gasteiger partial charge in [-0.15, -0.1) is 0 Å². The molecule has 2 aliphatic carbocycles. The van der Waals surface area contributed by atoms with Crippen LogP contribution in [0.5, 0.6) is 0 Å². The van der Waals surface area contributed by atoms with Gasteiger partial charge in [0.2, 0.25) is 0 Å². The Kier molecular flexibility index (Phi) is 3.16. The van der Waals surface area contributed by atoms with Crippen molar-refractivity contribution in [3.63, 3.8) is 0 Å². The Balaban J connectivity index is 1.88. The van der Waals surface area contributed by atoms with Crippen molar-refractivity contribution in [2.45, 2.75) is 37.6 Å². The summed E-state index contributed by atoms with van der Waals surface area (Å²) in [6, 6.07) is 9.47. The highest BCUT2D eigenvalue weighted by Gasteiger charge is 2.62. The molecule has 0 spiro atoms. The number of ketones is 1. The van der Waals surface area contributed by atoms with Crippen LogP contribution in [0.4, 0.5) is 0 Å². The zero-order chi connectivity index (χ0) is 14.2. The van der Waals surface area contributed by atoms with Crippen LogP contribution in [0.15, 0.2) is 36.4 Å². The number of hydrogen-bond acceptors (Lipinski definition) is 3. The number of carbonyl (C=O) groups is 1. The molecule has 1 saturated carbocycles. The van der Waals surface area contributed by atoms with Crippen molar-refractivity contribution in [2.75, 3.05) is 0 Å². The summed E-state index contributed by atoms with van der Waals surface area (Å²) in [5, 5.41) is 11.6. The second kappa shape index (κ2) is 4.85.